The maximum absolute atomic E-state index is 12.4. The van der Waals surface area contributed by atoms with E-state index in [2.05, 4.69) is 14.9 Å². The number of fused-ring (bicyclic) bond motifs is 1. The Hall–Kier alpha value is -1.67. The summed E-state index contributed by atoms with van der Waals surface area (Å²) in [5.74, 6) is 0.951. The molecule has 2 aromatic heterocycles. The molecule has 0 bridgehead atoms. The number of aromatic nitrogens is 3. The summed E-state index contributed by atoms with van der Waals surface area (Å²) in [5.41, 5.74) is 0.926. The molecule has 2 fully saturated rings. The van der Waals surface area contributed by atoms with Crippen LogP contribution in [0.1, 0.15) is 25.7 Å². The van der Waals surface area contributed by atoms with E-state index in [1.54, 1.807) is 17.7 Å². The Labute approximate surface area is 142 Å². The summed E-state index contributed by atoms with van der Waals surface area (Å²) in [6.45, 7) is 1.63. The molecule has 0 N–H and O–H groups in total. The molecule has 130 valence electrons. The van der Waals surface area contributed by atoms with Crippen LogP contribution >= 0.6 is 0 Å². The van der Waals surface area contributed by atoms with E-state index in [1.165, 1.54) is 0 Å². The van der Waals surface area contributed by atoms with Crippen LogP contribution in [0, 0.1) is 0 Å². The summed E-state index contributed by atoms with van der Waals surface area (Å²) in [4.78, 5) is 11.1. The number of hydrogen-bond donors (Lipinski definition) is 0. The lowest BCUT2D eigenvalue weighted by Crippen LogP contribution is -2.46. The molecule has 3 heterocycles. The van der Waals surface area contributed by atoms with Crippen molar-refractivity contribution in [3.8, 4) is 0 Å². The third-order valence-corrected chi connectivity index (χ3v) is 7.68. The Bertz CT molecular complexity index is 850. The average Bonchev–Trinajstić information content (AvgIpc) is 3.39. The summed E-state index contributed by atoms with van der Waals surface area (Å²) in [6, 6.07) is 2.14. The van der Waals surface area contributed by atoms with Crippen LogP contribution in [0.5, 0.6) is 0 Å². The molecule has 0 aromatic carbocycles. The molecule has 2 aromatic rings. The quantitative estimate of drug-likeness (QED) is 0.833. The minimum atomic E-state index is -3.09. The second-order valence-corrected chi connectivity index (χ2v) is 9.11. The van der Waals surface area contributed by atoms with Crippen LogP contribution in [0.25, 0.3) is 11.0 Å². The number of nitrogens with zero attached hydrogens (tertiary/aromatic N) is 5. The fourth-order valence-corrected chi connectivity index (χ4v) is 5.39. The summed E-state index contributed by atoms with van der Waals surface area (Å²) in [6.07, 6.45) is 6.90. The van der Waals surface area contributed by atoms with Crippen molar-refractivity contribution >= 4 is 26.9 Å². The first kappa shape index (κ1) is 15.8. The van der Waals surface area contributed by atoms with Gasteiger partial charge < -0.3 is 9.47 Å². The zero-order valence-corrected chi connectivity index (χ0v) is 14.9. The lowest BCUT2D eigenvalue weighted by molar-refractivity contribution is 0.311. The Kier molecular flexibility index (Phi) is 3.76. The van der Waals surface area contributed by atoms with Crippen molar-refractivity contribution < 1.29 is 8.42 Å². The fraction of sp³-hybridized carbons (Fsp3) is 0.625. The Morgan fingerprint density at radius 1 is 1.17 bits per heavy atom. The summed E-state index contributed by atoms with van der Waals surface area (Å²) in [5, 5.41) is 0.920. The molecular weight excluding hydrogens is 326 g/mol. The number of hydrogen-bond acceptors (Lipinski definition) is 5. The standard InChI is InChI=1S/C16H23N5O2S/c1-19-8-7-14-15(19)17-11-18-16(14)21-9-5-12(6-10-21)20(2)24(22,23)13-3-4-13/h7-8,11-13H,3-6,9-10H2,1-2H3. The first-order valence-electron chi connectivity index (χ1n) is 8.46. The third kappa shape index (κ3) is 2.57. The lowest BCUT2D eigenvalue weighted by atomic mass is 10.1. The fourth-order valence-electron chi connectivity index (χ4n) is 3.57. The molecule has 0 unspecified atom stereocenters. The van der Waals surface area contributed by atoms with Crippen LogP contribution in [-0.4, -0.2) is 58.7 Å². The number of aryl methyl sites for hydroxylation is 1. The topological polar surface area (TPSA) is 71.3 Å². The monoisotopic (exact) mass is 349 g/mol. The van der Waals surface area contributed by atoms with Gasteiger partial charge in [0.1, 0.15) is 17.8 Å². The van der Waals surface area contributed by atoms with E-state index in [0.717, 1.165) is 55.6 Å². The number of anilines is 1. The molecule has 7 nitrogen and oxygen atoms in total. The van der Waals surface area contributed by atoms with Gasteiger partial charge in [0.05, 0.1) is 10.6 Å². The minimum Gasteiger partial charge on any atom is -0.356 e. The van der Waals surface area contributed by atoms with Gasteiger partial charge in [-0.25, -0.2) is 22.7 Å². The van der Waals surface area contributed by atoms with Crippen LogP contribution < -0.4 is 4.90 Å². The molecule has 0 amide bonds. The lowest BCUT2D eigenvalue weighted by Gasteiger charge is -2.36. The van der Waals surface area contributed by atoms with Gasteiger partial charge in [-0.15, -0.1) is 0 Å². The van der Waals surface area contributed by atoms with Crippen LogP contribution in [0.3, 0.4) is 0 Å². The van der Waals surface area contributed by atoms with E-state index in [4.69, 9.17) is 0 Å². The number of piperidine rings is 1. The summed E-state index contributed by atoms with van der Waals surface area (Å²) in [7, 11) is 0.626. The van der Waals surface area contributed by atoms with Gasteiger partial charge in [-0.2, -0.15) is 0 Å². The van der Waals surface area contributed by atoms with Crippen molar-refractivity contribution in [2.75, 3.05) is 25.0 Å². The average molecular weight is 349 g/mol. The highest BCUT2D eigenvalue weighted by Crippen LogP contribution is 2.33. The maximum Gasteiger partial charge on any atom is 0.216 e. The van der Waals surface area contributed by atoms with Crippen LogP contribution in [0.4, 0.5) is 5.82 Å². The Morgan fingerprint density at radius 3 is 2.54 bits per heavy atom. The molecule has 24 heavy (non-hydrogen) atoms. The smallest absolute Gasteiger partial charge is 0.216 e. The van der Waals surface area contributed by atoms with Crippen molar-refractivity contribution in [3.63, 3.8) is 0 Å². The van der Waals surface area contributed by atoms with Crippen LogP contribution in [0.2, 0.25) is 0 Å². The molecule has 0 radical (unpaired) electrons. The molecule has 1 saturated heterocycles. The van der Waals surface area contributed by atoms with E-state index in [1.807, 2.05) is 23.9 Å². The molecular formula is C16H23N5O2S. The van der Waals surface area contributed by atoms with Gasteiger partial charge >= 0.3 is 0 Å². The summed E-state index contributed by atoms with van der Waals surface area (Å²) >= 11 is 0. The number of sulfonamides is 1. The number of rotatable bonds is 4. The van der Waals surface area contributed by atoms with Crippen molar-refractivity contribution in [2.24, 2.45) is 7.05 Å². The van der Waals surface area contributed by atoms with Crippen molar-refractivity contribution in [3.05, 3.63) is 18.6 Å². The minimum absolute atomic E-state index is 0.0972. The van der Waals surface area contributed by atoms with Gasteiger partial charge in [0.2, 0.25) is 10.0 Å². The van der Waals surface area contributed by atoms with Gasteiger partial charge in [-0.3, -0.25) is 0 Å². The molecule has 1 saturated carbocycles. The zero-order valence-electron chi connectivity index (χ0n) is 14.1. The van der Waals surface area contributed by atoms with Crippen molar-refractivity contribution in [1.82, 2.24) is 18.8 Å². The second kappa shape index (κ2) is 5.70. The normalized spacial score (nSPS) is 20.2. The second-order valence-electron chi connectivity index (χ2n) is 6.84. The molecule has 0 atom stereocenters. The van der Waals surface area contributed by atoms with E-state index in [-0.39, 0.29) is 11.3 Å². The van der Waals surface area contributed by atoms with Gasteiger partial charge in [-0.05, 0) is 31.7 Å². The SMILES string of the molecule is CN(C1CCN(c2ncnc3c2ccn3C)CC1)S(=O)(=O)C1CC1. The molecule has 0 spiro atoms. The van der Waals surface area contributed by atoms with E-state index < -0.39 is 10.0 Å². The van der Waals surface area contributed by atoms with E-state index in [9.17, 15) is 8.42 Å². The molecule has 2 aliphatic rings. The maximum atomic E-state index is 12.4. The predicted octanol–water partition coefficient (Wildman–Crippen LogP) is 1.36. The van der Waals surface area contributed by atoms with Gasteiger partial charge in [0, 0.05) is 39.4 Å². The zero-order chi connectivity index (χ0) is 16.9. The first-order chi connectivity index (χ1) is 11.5. The Morgan fingerprint density at radius 2 is 1.88 bits per heavy atom. The molecule has 8 heteroatoms. The molecule has 4 rings (SSSR count). The van der Waals surface area contributed by atoms with E-state index in [0.29, 0.717) is 0 Å². The highest BCUT2D eigenvalue weighted by atomic mass is 32.2. The van der Waals surface area contributed by atoms with Crippen molar-refractivity contribution in [1.29, 1.82) is 0 Å². The Balaban J connectivity index is 1.49. The van der Waals surface area contributed by atoms with Crippen molar-refractivity contribution in [2.45, 2.75) is 37.0 Å². The van der Waals surface area contributed by atoms with Crippen LogP contribution in [-0.2, 0) is 17.1 Å². The van der Waals surface area contributed by atoms with Gasteiger partial charge in [-0.1, -0.05) is 0 Å². The largest absolute Gasteiger partial charge is 0.356 e. The molecule has 1 aliphatic carbocycles. The van der Waals surface area contributed by atoms with Gasteiger partial charge in [0.15, 0.2) is 0 Å². The third-order valence-electron chi connectivity index (χ3n) is 5.27. The summed E-state index contributed by atoms with van der Waals surface area (Å²) < 4.78 is 28.4. The van der Waals surface area contributed by atoms with Crippen LogP contribution in [0.15, 0.2) is 18.6 Å². The predicted molar refractivity (Wildman–Crippen MR) is 93.4 cm³/mol. The highest BCUT2D eigenvalue weighted by molar-refractivity contribution is 7.90. The highest BCUT2D eigenvalue weighted by Gasteiger charge is 2.41. The first-order valence-corrected chi connectivity index (χ1v) is 9.96. The van der Waals surface area contributed by atoms with Gasteiger partial charge in [0.25, 0.3) is 0 Å². The van der Waals surface area contributed by atoms with E-state index >= 15 is 0 Å². The molecule has 1 aliphatic heterocycles.